The summed E-state index contributed by atoms with van der Waals surface area (Å²) in [4.78, 5) is 26.0. The summed E-state index contributed by atoms with van der Waals surface area (Å²) in [5, 5.41) is 12.5. The molecule has 4 rings (SSSR count). The second-order valence-electron chi connectivity index (χ2n) is 5.84. The molecule has 1 N–H and O–H groups in total. The number of carbonyl (C=O) groups excluding carboxylic acids is 1. The van der Waals surface area contributed by atoms with Crippen LogP contribution in [0.1, 0.15) is 15.9 Å². The molecular weight excluding hydrogens is 312 g/mol. The second kappa shape index (κ2) is 5.87. The van der Waals surface area contributed by atoms with Crippen LogP contribution in [-0.4, -0.2) is 10.9 Å². The van der Waals surface area contributed by atoms with Gasteiger partial charge in [-0.15, -0.1) is 0 Å². The predicted octanol–water partition coefficient (Wildman–Crippen LogP) is 4.29. The van der Waals surface area contributed by atoms with Gasteiger partial charge in [0.1, 0.15) is 5.75 Å². The average Bonchev–Trinajstić information content (AvgIpc) is 2.77. The SMILES string of the molecule is O=C(c1ccccc1)c1c(O)c2ccccc2c(=O)c2ccccc12. The first-order valence-electron chi connectivity index (χ1n) is 7.95. The minimum absolute atomic E-state index is 0.153. The van der Waals surface area contributed by atoms with Crippen molar-refractivity contribution in [2.24, 2.45) is 0 Å². The van der Waals surface area contributed by atoms with Gasteiger partial charge in [0.2, 0.25) is 0 Å². The number of carbonyl (C=O) groups is 1. The van der Waals surface area contributed by atoms with Crippen LogP contribution in [0.15, 0.2) is 83.7 Å². The lowest BCUT2D eigenvalue weighted by molar-refractivity contribution is 0.103. The van der Waals surface area contributed by atoms with Gasteiger partial charge in [0.25, 0.3) is 0 Å². The zero-order valence-electron chi connectivity index (χ0n) is 13.3. The van der Waals surface area contributed by atoms with Crippen molar-refractivity contribution in [1.82, 2.24) is 0 Å². The molecule has 0 spiro atoms. The normalized spacial score (nSPS) is 10.9. The molecule has 0 unspecified atom stereocenters. The molecule has 0 fully saturated rings. The molecule has 4 aromatic rings. The lowest BCUT2D eigenvalue weighted by Gasteiger charge is -2.05. The molecule has 0 aliphatic heterocycles. The van der Waals surface area contributed by atoms with Gasteiger partial charge in [-0.2, -0.15) is 0 Å². The first-order chi connectivity index (χ1) is 12.2. The van der Waals surface area contributed by atoms with Crippen LogP contribution in [0.2, 0.25) is 0 Å². The summed E-state index contributed by atoms with van der Waals surface area (Å²) in [7, 11) is 0. The maximum absolute atomic E-state index is 13.1. The Morgan fingerprint density at radius 3 is 1.76 bits per heavy atom. The number of fused-ring (bicyclic) bond motifs is 2. The van der Waals surface area contributed by atoms with E-state index in [9.17, 15) is 14.7 Å². The number of hydrogen-bond acceptors (Lipinski definition) is 3. The van der Waals surface area contributed by atoms with Gasteiger partial charge in [-0.1, -0.05) is 78.9 Å². The van der Waals surface area contributed by atoms with Crippen molar-refractivity contribution < 1.29 is 9.90 Å². The number of benzene rings is 3. The van der Waals surface area contributed by atoms with E-state index in [1.165, 1.54) is 0 Å². The van der Waals surface area contributed by atoms with E-state index in [4.69, 9.17) is 0 Å². The average molecular weight is 326 g/mol. The van der Waals surface area contributed by atoms with E-state index in [0.717, 1.165) is 0 Å². The Hall–Kier alpha value is -3.46. The van der Waals surface area contributed by atoms with Gasteiger partial charge in [0.15, 0.2) is 11.2 Å². The van der Waals surface area contributed by atoms with Gasteiger partial charge >= 0.3 is 0 Å². The highest BCUT2D eigenvalue weighted by Gasteiger charge is 2.20. The van der Waals surface area contributed by atoms with Gasteiger partial charge in [-0.05, 0) is 0 Å². The van der Waals surface area contributed by atoms with Crippen molar-refractivity contribution in [3.05, 3.63) is 100 Å². The zero-order valence-corrected chi connectivity index (χ0v) is 13.3. The van der Waals surface area contributed by atoms with Gasteiger partial charge in [-0.3, -0.25) is 9.59 Å². The molecule has 0 atom stereocenters. The molecular formula is C22H14O3. The Morgan fingerprint density at radius 2 is 1.12 bits per heavy atom. The van der Waals surface area contributed by atoms with Crippen molar-refractivity contribution in [3.8, 4) is 5.75 Å². The lowest BCUT2D eigenvalue weighted by Crippen LogP contribution is -2.02. The molecule has 0 saturated heterocycles. The zero-order chi connectivity index (χ0) is 17.4. The third-order valence-corrected chi connectivity index (χ3v) is 4.37. The third kappa shape index (κ3) is 2.37. The minimum Gasteiger partial charge on any atom is -0.507 e. The molecule has 0 aromatic heterocycles. The molecule has 3 heteroatoms. The van der Waals surface area contributed by atoms with E-state index in [-0.39, 0.29) is 22.5 Å². The second-order valence-corrected chi connectivity index (χ2v) is 5.84. The Labute approximate surface area is 143 Å². The van der Waals surface area contributed by atoms with Gasteiger partial charge in [-0.25, -0.2) is 0 Å². The van der Waals surface area contributed by atoms with Crippen molar-refractivity contribution in [3.63, 3.8) is 0 Å². The van der Waals surface area contributed by atoms with Gasteiger partial charge < -0.3 is 5.11 Å². The largest absolute Gasteiger partial charge is 0.507 e. The Bertz CT molecular complexity index is 1180. The Balaban J connectivity index is 2.24. The molecule has 4 aromatic carbocycles. The lowest BCUT2D eigenvalue weighted by atomic mass is 9.98. The molecule has 0 radical (unpaired) electrons. The van der Waals surface area contributed by atoms with E-state index in [2.05, 4.69) is 0 Å². The maximum atomic E-state index is 13.1. The highest BCUT2D eigenvalue weighted by Crippen LogP contribution is 2.32. The van der Waals surface area contributed by atoms with E-state index in [1.54, 1.807) is 72.8 Å². The predicted molar refractivity (Wildman–Crippen MR) is 99.3 cm³/mol. The molecule has 25 heavy (non-hydrogen) atoms. The van der Waals surface area contributed by atoms with Crippen molar-refractivity contribution >= 4 is 27.3 Å². The minimum atomic E-state index is -0.310. The Kier molecular flexibility index (Phi) is 3.55. The molecule has 3 nitrogen and oxygen atoms in total. The molecule has 0 aliphatic rings. The van der Waals surface area contributed by atoms with Crippen LogP contribution in [0.5, 0.6) is 5.75 Å². The maximum Gasteiger partial charge on any atom is 0.197 e. The molecule has 0 saturated carbocycles. The fourth-order valence-corrected chi connectivity index (χ4v) is 3.16. The molecule has 120 valence electrons. The first kappa shape index (κ1) is 15.1. The van der Waals surface area contributed by atoms with Crippen LogP contribution >= 0.6 is 0 Å². The van der Waals surface area contributed by atoms with E-state index in [1.807, 2.05) is 6.07 Å². The standard InChI is InChI=1S/C22H14O3/c23-20(14-8-2-1-3-9-14)19-15-10-4-5-11-16(15)21(24)17-12-6-7-13-18(17)22(19)25/h1-13,25H. The van der Waals surface area contributed by atoms with Crippen LogP contribution < -0.4 is 5.43 Å². The summed E-state index contributed by atoms with van der Waals surface area (Å²) in [6, 6.07) is 22.5. The van der Waals surface area contributed by atoms with Crippen molar-refractivity contribution in [1.29, 1.82) is 0 Å². The van der Waals surface area contributed by atoms with Crippen LogP contribution in [0.25, 0.3) is 21.5 Å². The van der Waals surface area contributed by atoms with Crippen LogP contribution in [0.4, 0.5) is 0 Å². The highest BCUT2D eigenvalue weighted by molar-refractivity contribution is 6.20. The van der Waals surface area contributed by atoms with Crippen LogP contribution in [0.3, 0.4) is 0 Å². The topological polar surface area (TPSA) is 54.4 Å². The highest BCUT2D eigenvalue weighted by atomic mass is 16.3. The summed E-state index contributed by atoms with van der Waals surface area (Å²) in [5.41, 5.74) is 0.416. The molecule has 0 heterocycles. The fraction of sp³-hybridized carbons (Fsp3) is 0. The van der Waals surface area contributed by atoms with Crippen molar-refractivity contribution in [2.45, 2.75) is 0 Å². The quantitative estimate of drug-likeness (QED) is 0.559. The van der Waals surface area contributed by atoms with Crippen molar-refractivity contribution in [2.75, 3.05) is 0 Å². The summed E-state index contributed by atoms with van der Waals surface area (Å²) < 4.78 is 0. The van der Waals surface area contributed by atoms with E-state index >= 15 is 0 Å². The number of ketones is 1. The van der Waals surface area contributed by atoms with Crippen LogP contribution in [0, 0.1) is 0 Å². The van der Waals surface area contributed by atoms with E-state index in [0.29, 0.717) is 27.1 Å². The fourth-order valence-electron chi connectivity index (χ4n) is 3.16. The number of aromatic hydroxyl groups is 1. The van der Waals surface area contributed by atoms with Gasteiger partial charge in [0.05, 0.1) is 5.56 Å². The molecule has 0 aliphatic carbocycles. The summed E-state index contributed by atoms with van der Waals surface area (Å²) in [6.45, 7) is 0. The van der Waals surface area contributed by atoms with Crippen LogP contribution in [-0.2, 0) is 0 Å². The first-order valence-corrected chi connectivity index (χ1v) is 7.95. The number of hydrogen-bond donors (Lipinski definition) is 1. The summed E-state index contributed by atoms with van der Waals surface area (Å²) >= 11 is 0. The summed E-state index contributed by atoms with van der Waals surface area (Å²) in [6.07, 6.45) is 0. The summed E-state index contributed by atoms with van der Waals surface area (Å²) in [5.74, 6) is -0.474. The molecule has 0 amide bonds. The number of rotatable bonds is 2. The molecule has 0 bridgehead atoms. The monoisotopic (exact) mass is 326 g/mol. The smallest absolute Gasteiger partial charge is 0.197 e. The Morgan fingerprint density at radius 1 is 0.640 bits per heavy atom. The third-order valence-electron chi connectivity index (χ3n) is 4.37. The van der Waals surface area contributed by atoms with E-state index < -0.39 is 0 Å². The van der Waals surface area contributed by atoms with Gasteiger partial charge in [0, 0.05) is 27.1 Å².